The van der Waals surface area contributed by atoms with Crippen molar-refractivity contribution in [3.63, 3.8) is 0 Å². The van der Waals surface area contributed by atoms with Crippen LogP contribution in [0.4, 0.5) is 0 Å². The summed E-state index contributed by atoms with van der Waals surface area (Å²) in [6.45, 7) is 7.52. The Morgan fingerprint density at radius 1 is 1.05 bits per heavy atom. The summed E-state index contributed by atoms with van der Waals surface area (Å²) in [5, 5.41) is 23.3. The number of allylic oxidation sites excluding steroid dienone is 1. The zero-order valence-electron chi connectivity index (χ0n) is 22.4. The van der Waals surface area contributed by atoms with Crippen LogP contribution in [0.3, 0.4) is 0 Å². The Kier molecular flexibility index (Phi) is 6.64. The van der Waals surface area contributed by atoms with Gasteiger partial charge in [-0.2, -0.15) is 0 Å². The van der Waals surface area contributed by atoms with Gasteiger partial charge in [0.05, 0.1) is 17.7 Å². The maximum absolute atomic E-state index is 13.9. The van der Waals surface area contributed by atoms with Crippen molar-refractivity contribution < 1.29 is 29.3 Å². The van der Waals surface area contributed by atoms with Crippen molar-refractivity contribution in [1.82, 2.24) is 0 Å². The van der Waals surface area contributed by atoms with Crippen molar-refractivity contribution >= 4 is 23.1 Å². The van der Waals surface area contributed by atoms with Crippen LogP contribution < -0.4 is 4.74 Å². The standard InChI is InChI=1S/C32H34O6/c1-5-13-38-25-12-11-23(20-9-7-19(6-2)8-10-20)24-16-21-15-22-14-17(3)26(18(4)33)30(35)32(22,37)31(36)27(21)29(34)28(24)25/h7-12,21-22,34,37H,5-6,13-16H2,1-4H3/t21-,22-,32-/m1/s1. The van der Waals surface area contributed by atoms with E-state index in [0.29, 0.717) is 36.3 Å². The van der Waals surface area contributed by atoms with Gasteiger partial charge in [-0.25, -0.2) is 0 Å². The third-order valence-corrected chi connectivity index (χ3v) is 8.42. The van der Waals surface area contributed by atoms with Crippen molar-refractivity contribution in [1.29, 1.82) is 0 Å². The van der Waals surface area contributed by atoms with Gasteiger partial charge in [-0.1, -0.05) is 49.8 Å². The van der Waals surface area contributed by atoms with Gasteiger partial charge in [-0.15, -0.1) is 0 Å². The van der Waals surface area contributed by atoms with E-state index in [2.05, 4.69) is 31.2 Å². The van der Waals surface area contributed by atoms with Crippen molar-refractivity contribution in [3.05, 3.63) is 69.8 Å². The summed E-state index contributed by atoms with van der Waals surface area (Å²) in [5.41, 5.74) is 2.74. The maximum atomic E-state index is 13.9. The van der Waals surface area contributed by atoms with Crippen LogP contribution in [0, 0.1) is 11.8 Å². The Morgan fingerprint density at radius 2 is 1.76 bits per heavy atom. The highest BCUT2D eigenvalue weighted by Gasteiger charge is 2.60. The lowest BCUT2D eigenvalue weighted by Crippen LogP contribution is -2.61. The second kappa shape index (κ2) is 9.66. The maximum Gasteiger partial charge on any atom is 0.206 e. The molecule has 2 aromatic carbocycles. The molecule has 198 valence electrons. The molecule has 0 aliphatic heterocycles. The van der Waals surface area contributed by atoms with Crippen LogP contribution >= 0.6 is 0 Å². The van der Waals surface area contributed by atoms with Gasteiger partial charge in [0.15, 0.2) is 11.4 Å². The first kappa shape index (κ1) is 26.1. The first-order valence-electron chi connectivity index (χ1n) is 13.5. The van der Waals surface area contributed by atoms with E-state index in [9.17, 15) is 24.6 Å². The van der Waals surface area contributed by atoms with Crippen molar-refractivity contribution in [2.45, 2.75) is 65.4 Å². The minimum atomic E-state index is -2.35. The van der Waals surface area contributed by atoms with E-state index >= 15 is 0 Å². The molecule has 0 spiro atoms. The number of ether oxygens (including phenoxy) is 1. The van der Waals surface area contributed by atoms with Gasteiger partial charge in [0.25, 0.3) is 0 Å². The highest BCUT2D eigenvalue weighted by Crippen LogP contribution is 2.52. The smallest absolute Gasteiger partial charge is 0.206 e. The molecular weight excluding hydrogens is 480 g/mol. The SMILES string of the molecule is CCCOc1ccc(-c2ccc(CC)cc2)c2c1C(O)=C1C(=O)[C@]3(O)C(=O)C(C(C)=O)=C(C)C[C@@H]3C[C@@H]1C2. The van der Waals surface area contributed by atoms with Crippen molar-refractivity contribution in [2.24, 2.45) is 11.8 Å². The van der Waals surface area contributed by atoms with Crippen LogP contribution in [0.25, 0.3) is 16.9 Å². The molecule has 38 heavy (non-hydrogen) atoms. The number of Topliss-reactive ketones (excluding diaryl/α,β-unsaturated/α-hetero) is 3. The van der Waals surface area contributed by atoms with Crippen LogP contribution in [0.1, 0.15) is 63.6 Å². The molecule has 0 bridgehead atoms. The summed E-state index contributed by atoms with van der Waals surface area (Å²) in [6.07, 6.45) is 2.80. The summed E-state index contributed by atoms with van der Waals surface area (Å²) in [7, 11) is 0. The van der Waals surface area contributed by atoms with Crippen molar-refractivity contribution in [3.8, 4) is 16.9 Å². The Balaban J connectivity index is 1.68. The van der Waals surface area contributed by atoms with Gasteiger partial charge in [-0.3, -0.25) is 14.4 Å². The third kappa shape index (κ3) is 3.85. The average molecular weight is 515 g/mol. The highest BCUT2D eigenvalue weighted by atomic mass is 16.5. The molecule has 0 heterocycles. The fourth-order valence-electron chi connectivity index (χ4n) is 6.53. The van der Waals surface area contributed by atoms with E-state index < -0.39 is 28.9 Å². The Morgan fingerprint density at radius 3 is 2.39 bits per heavy atom. The van der Waals surface area contributed by atoms with Gasteiger partial charge in [0, 0.05) is 11.5 Å². The van der Waals surface area contributed by atoms with Gasteiger partial charge < -0.3 is 14.9 Å². The fraction of sp³-hybridized carbons (Fsp3) is 0.406. The number of hydrogen-bond acceptors (Lipinski definition) is 6. The van der Waals surface area contributed by atoms with E-state index in [1.165, 1.54) is 12.5 Å². The molecule has 2 N–H and O–H groups in total. The zero-order chi connectivity index (χ0) is 27.4. The molecule has 3 atom stereocenters. The molecule has 1 fully saturated rings. The van der Waals surface area contributed by atoms with E-state index in [1.54, 1.807) is 6.92 Å². The number of hydrogen-bond donors (Lipinski definition) is 2. The van der Waals surface area contributed by atoms with Crippen LogP contribution in [0.5, 0.6) is 5.75 Å². The average Bonchev–Trinajstić information content (AvgIpc) is 2.89. The van der Waals surface area contributed by atoms with Crippen molar-refractivity contribution in [2.75, 3.05) is 6.61 Å². The molecule has 6 nitrogen and oxygen atoms in total. The number of benzene rings is 2. The lowest BCUT2D eigenvalue weighted by atomic mass is 9.57. The molecule has 3 aliphatic rings. The van der Waals surface area contributed by atoms with E-state index in [0.717, 1.165) is 29.5 Å². The third-order valence-electron chi connectivity index (χ3n) is 8.42. The van der Waals surface area contributed by atoms with Crippen LogP contribution in [-0.4, -0.2) is 39.8 Å². The Hall–Kier alpha value is -3.51. The Bertz CT molecular complexity index is 1410. The van der Waals surface area contributed by atoms with E-state index in [4.69, 9.17) is 4.74 Å². The van der Waals surface area contributed by atoms with Crippen LogP contribution in [0.2, 0.25) is 0 Å². The number of rotatable bonds is 6. The summed E-state index contributed by atoms with van der Waals surface area (Å²) in [6, 6.07) is 12.1. The van der Waals surface area contributed by atoms with Gasteiger partial charge in [0.2, 0.25) is 11.6 Å². The summed E-state index contributed by atoms with van der Waals surface area (Å²) in [4.78, 5) is 39.5. The number of ketones is 3. The highest BCUT2D eigenvalue weighted by molar-refractivity contribution is 6.33. The molecule has 5 rings (SSSR count). The molecular formula is C32H34O6. The summed E-state index contributed by atoms with van der Waals surface area (Å²) in [5.74, 6) is -2.89. The second-order valence-electron chi connectivity index (χ2n) is 10.8. The number of aliphatic hydroxyl groups excluding tert-OH is 1. The van der Waals surface area contributed by atoms with E-state index in [1.807, 2.05) is 19.1 Å². The molecule has 0 unspecified atom stereocenters. The molecule has 0 amide bonds. The van der Waals surface area contributed by atoms with Gasteiger partial charge >= 0.3 is 0 Å². The Labute approximate surface area is 223 Å². The molecule has 2 aromatic rings. The van der Waals surface area contributed by atoms with E-state index in [-0.39, 0.29) is 29.2 Å². The second-order valence-corrected chi connectivity index (χ2v) is 10.8. The monoisotopic (exact) mass is 514 g/mol. The molecule has 0 aromatic heterocycles. The summed E-state index contributed by atoms with van der Waals surface area (Å²) >= 11 is 0. The molecule has 3 aliphatic carbocycles. The quantitative estimate of drug-likeness (QED) is 0.398. The predicted octanol–water partition coefficient (Wildman–Crippen LogP) is 5.34. The molecule has 0 radical (unpaired) electrons. The first-order chi connectivity index (χ1) is 18.1. The minimum Gasteiger partial charge on any atom is -0.507 e. The first-order valence-corrected chi connectivity index (χ1v) is 13.5. The van der Waals surface area contributed by atoms with Gasteiger partial charge in [0.1, 0.15) is 11.5 Å². The molecule has 1 saturated carbocycles. The van der Waals surface area contributed by atoms with Gasteiger partial charge in [-0.05, 0) is 80.2 Å². The van der Waals surface area contributed by atoms with Crippen LogP contribution in [0.15, 0.2) is 53.1 Å². The van der Waals surface area contributed by atoms with Crippen LogP contribution in [-0.2, 0) is 27.2 Å². The number of aliphatic hydroxyl groups is 2. The lowest BCUT2D eigenvalue weighted by molar-refractivity contribution is -0.157. The number of fused-ring (bicyclic) bond motifs is 3. The molecule has 6 heteroatoms. The zero-order valence-corrected chi connectivity index (χ0v) is 22.4. The largest absolute Gasteiger partial charge is 0.507 e. The minimum absolute atomic E-state index is 0.0619. The fourth-order valence-corrected chi connectivity index (χ4v) is 6.53. The molecule has 0 saturated heterocycles. The number of aryl methyl sites for hydroxylation is 1. The predicted molar refractivity (Wildman–Crippen MR) is 145 cm³/mol. The normalized spacial score (nSPS) is 24.7. The topological polar surface area (TPSA) is 101 Å². The number of carbonyl (C=O) groups excluding carboxylic acids is 3. The number of carbonyl (C=O) groups is 3. The lowest BCUT2D eigenvalue weighted by Gasteiger charge is -2.46. The summed E-state index contributed by atoms with van der Waals surface area (Å²) < 4.78 is 5.99.